The lowest BCUT2D eigenvalue weighted by Crippen LogP contribution is -2.13. The number of rotatable bonds is 6. The Balaban J connectivity index is 2.01. The molecule has 0 N–H and O–H groups in total. The van der Waals surface area contributed by atoms with Gasteiger partial charge >= 0.3 is 10.1 Å². The SMILES string of the molecule is O=Cc1ccc(OS(=O)(=O)c2ncn(-c3ccccc3Br)c2C=O)cc1. The number of hydrogen-bond donors (Lipinski definition) is 0. The van der Waals surface area contributed by atoms with Crippen molar-refractivity contribution in [3.63, 3.8) is 0 Å². The molecule has 3 aromatic rings. The lowest BCUT2D eigenvalue weighted by Gasteiger charge is -2.08. The van der Waals surface area contributed by atoms with Gasteiger partial charge in [-0.15, -0.1) is 0 Å². The number of hydrogen-bond acceptors (Lipinski definition) is 6. The summed E-state index contributed by atoms with van der Waals surface area (Å²) in [5.74, 6) is 0.00268. The summed E-state index contributed by atoms with van der Waals surface area (Å²) in [4.78, 5) is 26.0. The van der Waals surface area contributed by atoms with E-state index >= 15 is 0 Å². The molecule has 0 bridgehead atoms. The second kappa shape index (κ2) is 7.22. The zero-order valence-corrected chi connectivity index (χ0v) is 15.5. The first-order valence-corrected chi connectivity index (χ1v) is 9.43. The van der Waals surface area contributed by atoms with E-state index in [0.29, 0.717) is 28.3 Å². The van der Waals surface area contributed by atoms with Gasteiger partial charge in [-0.1, -0.05) is 12.1 Å². The number of carbonyl (C=O) groups excluding carboxylic acids is 2. The number of imidazole rings is 1. The van der Waals surface area contributed by atoms with Crippen LogP contribution in [0.2, 0.25) is 0 Å². The van der Waals surface area contributed by atoms with Crippen molar-refractivity contribution in [3.05, 3.63) is 70.6 Å². The van der Waals surface area contributed by atoms with Gasteiger partial charge in [0.05, 0.1) is 5.69 Å². The predicted molar refractivity (Wildman–Crippen MR) is 96.3 cm³/mol. The smallest absolute Gasteiger partial charge is 0.359 e. The summed E-state index contributed by atoms with van der Waals surface area (Å²) in [5.41, 5.74) is 0.766. The zero-order chi connectivity index (χ0) is 18.7. The van der Waals surface area contributed by atoms with Crippen LogP contribution in [0.3, 0.4) is 0 Å². The molecule has 0 unspecified atom stereocenters. The maximum absolute atomic E-state index is 12.5. The molecule has 9 heteroatoms. The Morgan fingerprint density at radius 1 is 1.00 bits per heavy atom. The molecule has 0 saturated heterocycles. The van der Waals surface area contributed by atoms with Gasteiger partial charge in [-0.3, -0.25) is 14.2 Å². The number of carbonyl (C=O) groups is 2. The number of aldehydes is 2. The molecule has 0 amide bonds. The van der Waals surface area contributed by atoms with Crippen LogP contribution >= 0.6 is 15.9 Å². The Kier molecular flexibility index (Phi) is 5.01. The first kappa shape index (κ1) is 18.0. The number of nitrogens with zero attached hydrogens (tertiary/aromatic N) is 2. The highest BCUT2D eigenvalue weighted by Gasteiger charge is 2.27. The van der Waals surface area contributed by atoms with Gasteiger partial charge in [-0.2, -0.15) is 8.42 Å². The van der Waals surface area contributed by atoms with E-state index in [2.05, 4.69) is 20.9 Å². The van der Waals surface area contributed by atoms with Gasteiger partial charge in [0.1, 0.15) is 24.1 Å². The van der Waals surface area contributed by atoms with Gasteiger partial charge in [-0.25, -0.2) is 4.98 Å². The Morgan fingerprint density at radius 2 is 1.69 bits per heavy atom. The van der Waals surface area contributed by atoms with Crippen molar-refractivity contribution in [2.75, 3.05) is 0 Å². The summed E-state index contributed by atoms with van der Waals surface area (Å²) < 4.78 is 32.1. The Bertz CT molecular complexity index is 1070. The minimum absolute atomic E-state index is 0.00268. The average Bonchev–Trinajstić information content (AvgIpc) is 3.07. The third-order valence-corrected chi connectivity index (χ3v) is 5.32. The van der Waals surface area contributed by atoms with Crippen LogP contribution in [0.4, 0.5) is 0 Å². The van der Waals surface area contributed by atoms with Crippen molar-refractivity contribution in [3.8, 4) is 11.4 Å². The molecule has 0 fully saturated rings. The highest BCUT2D eigenvalue weighted by molar-refractivity contribution is 9.10. The molecule has 0 aliphatic rings. The molecule has 26 heavy (non-hydrogen) atoms. The molecular weight excluding hydrogens is 424 g/mol. The van der Waals surface area contributed by atoms with Gasteiger partial charge in [0, 0.05) is 10.0 Å². The van der Waals surface area contributed by atoms with Crippen LogP contribution in [0.15, 0.2) is 64.4 Å². The zero-order valence-electron chi connectivity index (χ0n) is 13.1. The molecule has 0 aliphatic heterocycles. The van der Waals surface area contributed by atoms with E-state index in [4.69, 9.17) is 4.18 Å². The molecular formula is C17H11BrN2O5S. The first-order chi connectivity index (χ1) is 12.5. The molecule has 0 atom stereocenters. The van der Waals surface area contributed by atoms with Crippen LogP contribution < -0.4 is 4.18 Å². The topological polar surface area (TPSA) is 95.3 Å². The van der Waals surface area contributed by atoms with E-state index in [1.54, 1.807) is 24.3 Å². The predicted octanol–water partition coefficient (Wildman–Crippen LogP) is 3.03. The van der Waals surface area contributed by atoms with E-state index in [0.717, 1.165) is 0 Å². The molecule has 0 saturated carbocycles. The fourth-order valence-corrected chi connectivity index (χ4v) is 3.75. The van der Waals surface area contributed by atoms with Gasteiger partial charge < -0.3 is 4.18 Å². The minimum Gasteiger partial charge on any atom is -0.378 e. The highest BCUT2D eigenvalue weighted by Crippen LogP contribution is 2.25. The minimum atomic E-state index is -4.34. The molecule has 0 spiro atoms. The fraction of sp³-hybridized carbons (Fsp3) is 0. The maximum atomic E-state index is 12.5. The second-order valence-corrected chi connectivity index (χ2v) is 7.41. The van der Waals surface area contributed by atoms with E-state index in [9.17, 15) is 18.0 Å². The summed E-state index contributed by atoms with van der Waals surface area (Å²) >= 11 is 3.35. The van der Waals surface area contributed by atoms with Crippen molar-refractivity contribution < 1.29 is 22.2 Å². The normalized spacial score (nSPS) is 11.1. The van der Waals surface area contributed by atoms with Crippen molar-refractivity contribution in [1.29, 1.82) is 0 Å². The van der Waals surface area contributed by atoms with Crippen molar-refractivity contribution >= 4 is 38.6 Å². The van der Waals surface area contributed by atoms with Crippen molar-refractivity contribution in [2.45, 2.75) is 5.03 Å². The van der Waals surface area contributed by atoms with E-state index in [1.807, 2.05) is 0 Å². The van der Waals surface area contributed by atoms with Gasteiger partial charge in [0.15, 0.2) is 6.29 Å². The molecule has 1 aromatic heterocycles. The third kappa shape index (κ3) is 3.44. The molecule has 132 valence electrons. The van der Waals surface area contributed by atoms with Crippen molar-refractivity contribution in [1.82, 2.24) is 9.55 Å². The number of benzene rings is 2. The van der Waals surface area contributed by atoms with Crippen molar-refractivity contribution in [2.24, 2.45) is 0 Å². The van der Waals surface area contributed by atoms with Gasteiger partial charge in [-0.05, 0) is 52.3 Å². The fourth-order valence-electron chi connectivity index (χ4n) is 2.25. The Hall–Kier alpha value is -2.78. The summed E-state index contributed by atoms with van der Waals surface area (Å²) in [6.07, 6.45) is 2.26. The first-order valence-electron chi connectivity index (χ1n) is 7.23. The Labute approximate surface area is 157 Å². The average molecular weight is 435 g/mol. The molecule has 2 aromatic carbocycles. The molecule has 0 radical (unpaired) electrons. The maximum Gasteiger partial charge on any atom is 0.359 e. The van der Waals surface area contributed by atoms with Crippen LogP contribution in [-0.4, -0.2) is 30.5 Å². The summed E-state index contributed by atoms with van der Waals surface area (Å²) in [6, 6.07) is 12.5. The lowest BCUT2D eigenvalue weighted by molar-refractivity contribution is 0.111. The van der Waals surface area contributed by atoms with Gasteiger partial charge in [0.25, 0.3) is 0 Å². The van der Waals surface area contributed by atoms with Gasteiger partial charge in [0.2, 0.25) is 5.03 Å². The van der Waals surface area contributed by atoms with E-state index < -0.39 is 15.1 Å². The Morgan fingerprint density at radius 3 is 2.31 bits per heavy atom. The summed E-state index contributed by atoms with van der Waals surface area (Å²) in [7, 11) is -4.34. The summed E-state index contributed by atoms with van der Waals surface area (Å²) in [5, 5.41) is -0.497. The largest absolute Gasteiger partial charge is 0.378 e. The molecule has 7 nitrogen and oxygen atoms in total. The molecule has 1 heterocycles. The highest BCUT2D eigenvalue weighted by atomic mass is 79.9. The molecule has 3 rings (SSSR count). The third-order valence-electron chi connectivity index (χ3n) is 3.45. The van der Waals surface area contributed by atoms with E-state index in [1.165, 1.54) is 35.2 Å². The van der Waals surface area contributed by atoms with Crippen LogP contribution in [0, 0.1) is 0 Å². The summed E-state index contributed by atoms with van der Waals surface area (Å²) in [6.45, 7) is 0. The van der Waals surface area contributed by atoms with Crippen LogP contribution in [0.25, 0.3) is 5.69 Å². The van der Waals surface area contributed by atoms with E-state index in [-0.39, 0.29) is 11.4 Å². The standard InChI is InChI=1S/C17H11BrN2O5S/c18-14-3-1-2-4-15(14)20-11-19-17(16(20)10-22)26(23,24)25-13-7-5-12(9-21)6-8-13/h1-11H. The van der Waals surface area contributed by atoms with Crippen LogP contribution in [0.1, 0.15) is 20.8 Å². The quantitative estimate of drug-likeness (QED) is 0.437. The monoisotopic (exact) mass is 434 g/mol. The van der Waals surface area contributed by atoms with Crippen LogP contribution in [0.5, 0.6) is 5.75 Å². The lowest BCUT2D eigenvalue weighted by atomic mass is 10.2. The number of para-hydroxylation sites is 1. The number of halogens is 1. The number of aromatic nitrogens is 2. The van der Waals surface area contributed by atoms with Crippen LogP contribution in [-0.2, 0) is 10.1 Å². The second-order valence-electron chi connectivity index (χ2n) is 5.10. The molecule has 0 aliphatic carbocycles.